The molecule has 2 aromatic carbocycles. The van der Waals surface area contributed by atoms with E-state index in [-0.39, 0.29) is 5.91 Å². The Morgan fingerprint density at radius 1 is 1.10 bits per heavy atom. The molecular weight excluding hydrogens is 402 g/mol. The van der Waals surface area contributed by atoms with Gasteiger partial charge in [0, 0.05) is 32.5 Å². The predicted octanol–water partition coefficient (Wildman–Crippen LogP) is 4.33. The number of rotatable bonds is 5. The average molecular weight is 426 g/mol. The van der Waals surface area contributed by atoms with E-state index in [0.717, 1.165) is 37.1 Å². The topological polar surface area (TPSA) is 65.8 Å². The van der Waals surface area contributed by atoms with Gasteiger partial charge in [-0.25, -0.2) is 4.98 Å². The summed E-state index contributed by atoms with van der Waals surface area (Å²) in [6.07, 6.45) is 3.63. The van der Waals surface area contributed by atoms with Gasteiger partial charge >= 0.3 is 0 Å². The van der Waals surface area contributed by atoms with Gasteiger partial charge in [0.05, 0.1) is 0 Å². The summed E-state index contributed by atoms with van der Waals surface area (Å²) in [6, 6.07) is 19.0. The first kappa shape index (κ1) is 22.1. The number of nitriles is 1. The average Bonchev–Trinajstić information content (AvgIpc) is 2.75. The van der Waals surface area contributed by atoms with Crippen molar-refractivity contribution < 1.29 is 4.79 Å². The van der Waals surface area contributed by atoms with Crippen LogP contribution in [0.4, 0.5) is 0 Å². The second-order valence-electron chi connectivity index (χ2n) is 7.37. The molecule has 0 radical (unpaired) electrons. The molecule has 5 heteroatoms. The molecule has 0 atom stereocenters. The molecule has 0 unspecified atom stereocenters. The fraction of sp³-hybridized carbons (Fsp3) is 0.115. The maximum absolute atomic E-state index is 12.9. The Hall–Kier alpha value is -3.62. The van der Waals surface area contributed by atoms with Gasteiger partial charge in [0.25, 0.3) is 5.91 Å². The lowest BCUT2D eigenvalue weighted by atomic mass is 10.1. The van der Waals surface area contributed by atoms with Crippen molar-refractivity contribution in [2.24, 2.45) is 0 Å². The first-order chi connectivity index (χ1) is 14.9. The van der Waals surface area contributed by atoms with Gasteiger partial charge in [-0.2, -0.15) is 5.26 Å². The maximum Gasteiger partial charge on any atom is 0.255 e. The highest BCUT2D eigenvalue weighted by Crippen LogP contribution is 2.27. The Labute approximate surface area is 186 Å². The summed E-state index contributed by atoms with van der Waals surface area (Å²) in [5.41, 5.74) is 3.88. The highest BCUT2D eigenvalue weighted by molar-refractivity contribution is 7.99. The zero-order valence-corrected chi connectivity index (χ0v) is 18.6. The number of aromatic nitrogens is 1. The Morgan fingerprint density at radius 2 is 1.81 bits per heavy atom. The summed E-state index contributed by atoms with van der Waals surface area (Å²) in [6.45, 7) is 10.1. The minimum absolute atomic E-state index is 0.176. The number of amides is 1. The van der Waals surface area contributed by atoms with Crippen molar-refractivity contribution in [3.05, 3.63) is 99.7 Å². The van der Waals surface area contributed by atoms with E-state index in [0.29, 0.717) is 11.3 Å². The number of hydrogen-bond donors (Lipinski definition) is 1. The van der Waals surface area contributed by atoms with Crippen molar-refractivity contribution in [1.29, 1.82) is 5.26 Å². The molecule has 0 aliphatic heterocycles. The van der Waals surface area contributed by atoms with Crippen LogP contribution in [-0.2, 0) is 0 Å². The molecule has 1 amide bonds. The van der Waals surface area contributed by atoms with Crippen molar-refractivity contribution in [2.45, 2.75) is 30.6 Å². The van der Waals surface area contributed by atoms with Gasteiger partial charge in [-0.3, -0.25) is 4.79 Å². The predicted molar refractivity (Wildman–Crippen MR) is 126 cm³/mol. The lowest BCUT2D eigenvalue weighted by Crippen LogP contribution is -2.33. The van der Waals surface area contributed by atoms with Gasteiger partial charge in [0.15, 0.2) is 0 Å². The first-order valence-corrected chi connectivity index (χ1v) is 10.6. The van der Waals surface area contributed by atoms with Crippen LogP contribution in [0.1, 0.15) is 35.5 Å². The fourth-order valence-corrected chi connectivity index (χ4v) is 3.71. The van der Waals surface area contributed by atoms with Crippen LogP contribution in [0.3, 0.4) is 0 Å². The zero-order chi connectivity index (χ0) is 22.4. The lowest BCUT2D eigenvalue weighted by Gasteiger charge is -2.09. The van der Waals surface area contributed by atoms with E-state index in [4.69, 9.17) is 5.26 Å². The minimum atomic E-state index is -0.176. The Balaban J connectivity index is 1.83. The first-order valence-electron chi connectivity index (χ1n) is 9.76. The van der Waals surface area contributed by atoms with Crippen LogP contribution < -0.4 is 15.8 Å². The van der Waals surface area contributed by atoms with Gasteiger partial charge in [-0.15, -0.1) is 0 Å². The zero-order valence-electron chi connectivity index (χ0n) is 17.8. The molecule has 1 N–H and O–H groups in total. The van der Waals surface area contributed by atoms with Crippen LogP contribution in [0, 0.1) is 18.3 Å². The number of hydrogen-bond acceptors (Lipinski definition) is 4. The van der Waals surface area contributed by atoms with Crippen molar-refractivity contribution in [3.63, 3.8) is 0 Å². The normalized spacial score (nSPS) is 11.3. The molecular formula is C26H23N3OS. The summed E-state index contributed by atoms with van der Waals surface area (Å²) < 4.78 is 0. The molecule has 0 aliphatic rings. The van der Waals surface area contributed by atoms with E-state index in [1.54, 1.807) is 24.4 Å². The van der Waals surface area contributed by atoms with Crippen molar-refractivity contribution >= 4 is 29.9 Å². The van der Waals surface area contributed by atoms with Gasteiger partial charge in [0.2, 0.25) is 0 Å². The second kappa shape index (κ2) is 9.92. The third-order valence-electron chi connectivity index (χ3n) is 4.44. The van der Waals surface area contributed by atoms with Crippen molar-refractivity contribution in [2.75, 3.05) is 0 Å². The number of nitrogens with zero attached hydrogens (tertiary/aromatic N) is 2. The lowest BCUT2D eigenvalue weighted by molar-refractivity contribution is 0.0973. The highest BCUT2D eigenvalue weighted by Gasteiger charge is 2.09. The number of nitrogens with one attached hydrogen (secondary N) is 1. The summed E-state index contributed by atoms with van der Waals surface area (Å²) in [4.78, 5) is 18.9. The molecule has 31 heavy (non-hydrogen) atoms. The number of carbonyl (C=O) groups is 1. The molecule has 1 heterocycles. The monoisotopic (exact) mass is 425 g/mol. The minimum Gasteiger partial charge on any atom is -0.321 e. The van der Waals surface area contributed by atoms with Crippen molar-refractivity contribution in [3.8, 4) is 6.07 Å². The van der Waals surface area contributed by atoms with Gasteiger partial charge in [-0.1, -0.05) is 41.6 Å². The van der Waals surface area contributed by atoms with Gasteiger partial charge in [-0.05, 0) is 74.5 Å². The Bertz CT molecular complexity index is 1280. The second-order valence-corrected chi connectivity index (χ2v) is 8.51. The smallest absolute Gasteiger partial charge is 0.255 e. The number of benzene rings is 2. The maximum atomic E-state index is 12.9. The largest absolute Gasteiger partial charge is 0.321 e. The number of aryl methyl sites for hydroxylation is 1. The summed E-state index contributed by atoms with van der Waals surface area (Å²) in [7, 11) is 0. The van der Waals surface area contributed by atoms with E-state index >= 15 is 0 Å². The Morgan fingerprint density at radius 3 is 2.42 bits per heavy atom. The van der Waals surface area contributed by atoms with Crippen molar-refractivity contribution in [1.82, 2.24) is 10.3 Å². The van der Waals surface area contributed by atoms with E-state index in [1.807, 2.05) is 69.3 Å². The Kier molecular flexibility index (Phi) is 7.07. The molecule has 3 aromatic rings. The van der Waals surface area contributed by atoms with Gasteiger partial charge < -0.3 is 5.32 Å². The van der Waals surface area contributed by atoms with E-state index in [9.17, 15) is 4.79 Å². The molecule has 154 valence electrons. The molecule has 0 saturated heterocycles. The highest BCUT2D eigenvalue weighted by atomic mass is 32.2. The molecule has 4 nitrogen and oxygen atoms in total. The number of allylic oxidation sites excluding steroid dienone is 1. The molecule has 3 rings (SSSR count). The SMILES string of the molecule is C=c1ccc(C)c/c1=C(/C=C(C)C)NC(=O)c1ccc(Sc2ccc(C#N)nc2)cc1. The number of pyridine rings is 1. The number of carbonyl (C=O) groups excluding carboxylic acids is 1. The molecule has 0 fully saturated rings. The summed E-state index contributed by atoms with van der Waals surface area (Å²) in [5, 5.41) is 13.7. The van der Waals surface area contributed by atoms with E-state index < -0.39 is 0 Å². The van der Waals surface area contributed by atoms with Crippen LogP contribution in [0.2, 0.25) is 0 Å². The molecule has 0 aliphatic carbocycles. The molecule has 0 bridgehead atoms. The van der Waals surface area contributed by atoms with Crippen LogP contribution in [0.25, 0.3) is 12.3 Å². The molecule has 1 aromatic heterocycles. The van der Waals surface area contributed by atoms with Crippen LogP contribution in [-0.4, -0.2) is 10.9 Å². The van der Waals surface area contributed by atoms with Gasteiger partial charge in [0.1, 0.15) is 11.8 Å². The van der Waals surface area contributed by atoms with Crippen LogP contribution >= 0.6 is 11.8 Å². The fourth-order valence-electron chi connectivity index (χ4n) is 2.92. The molecule has 0 spiro atoms. The summed E-state index contributed by atoms with van der Waals surface area (Å²) >= 11 is 1.52. The van der Waals surface area contributed by atoms with Crippen LogP contribution in [0.5, 0.6) is 0 Å². The summed E-state index contributed by atoms with van der Waals surface area (Å²) in [5.74, 6) is -0.176. The van der Waals surface area contributed by atoms with E-state index in [1.165, 1.54) is 11.8 Å². The molecule has 0 saturated carbocycles. The third kappa shape index (κ3) is 5.94. The third-order valence-corrected chi connectivity index (χ3v) is 5.42. The quantitative estimate of drug-likeness (QED) is 0.661. The van der Waals surface area contributed by atoms with Crippen LogP contribution in [0.15, 0.2) is 82.2 Å². The standard InChI is InChI=1S/C26H23N3OS/c1-17(2)13-25(24-14-18(3)5-6-19(24)4)29-26(30)20-7-10-22(11-8-20)31-23-12-9-21(15-27)28-16-23/h5-14,16H,4H2,1-3H3,(H,29,30)/b25-24+. The van der Waals surface area contributed by atoms with E-state index in [2.05, 4.69) is 16.9 Å².